The number of halogens is 1. The van der Waals surface area contributed by atoms with Crippen LogP contribution in [0.25, 0.3) is 0 Å². The molecule has 0 bridgehead atoms. The van der Waals surface area contributed by atoms with Crippen LogP contribution in [-0.4, -0.2) is 66.8 Å². The Kier molecular flexibility index (Phi) is 15.3. The average molecular weight is 633 g/mol. The van der Waals surface area contributed by atoms with Crippen molar-refractivity contribution >= 4 is 5.97 Å². The maximum Gasteiger partial charge on any atom is 0.335 e. The summed E-state index contributed by atoms with van der Waals surface area (Å²) in [6.07, 6.45) is 14.9. The van der Waals surface area contributed by atoms with Gasteiger partial charge in [0.25, 0.3) is 0 Å². The first-order valence-corrected chi connectivity index (χ1v) is 16.0. The van der Waals surface area contributed by atoms with E-state index in [1.165, 1.54) is 17.7 Å². The number of likely N-dealkylation sites (N-methyl/N-ethyl adjacent to an activating group) is 1. The van der Waals surface area contributed by atoms with E-state index in [0.29, 0.717) is 24.5 Å². The maximum absolute atomic E-state index is 13.4. The summed E-state index contributed by atoms with van der Waals surface area (Å²) in [5, 5.41) is 23.2. The molecular formula is C38H49FN2O5. The number of alkyl halides is 1. The molecule has 0 spiro atoms. The van der Waals surface area contributed by atoms with Gasteiger partial charge in [0.1, 0.15) is 24.4 Å². The summed E-state index contributed by atoms with van der Waals surface area (Å²) < 4.78 is 24.8. The highest BCUT2D eigenvalue weighted by molar-refractivity contribution is 5.88. The van der Waals surface area contributed by atoms with E-state index in [1.54, 1.807) is 25.3 Å². The first kappa shape index (κ1) is 36.3. The average Bonchev–Trinajstić information content (AvgIpc) is 3.28. The lowest BCUT2D eigenvalue weighted by Crippen LogP contribution is -2.33. The van der Waals surface area contributed by atoms with Crippen molar-refractivity contribution in [3.05, 3.63) is 125 Å². The molecule has 0 saturated carbocycles. The Morgan fingerprint density at radius 3 is 2.54 bits per heavy atom. The first-order valence-electron chi connectivity index (χ1n) is 16.0. The number of carboxylic acids is 1. The largest absolute Gasteiger partial charge is 0.496 e. The van der Waals surface area contributed by atoms with E-state index in [-0.39, 0.29) is 23.4 Å². The summed E-state index contributed by atoms with van der Waals surface area (Å²) >= 11 is 0. The Labute approximate surface area is 273 Å². The second kappa shape index (κ2) is 19.4. The molecule has 4 unspecified atom stereocenters. The number of ether oxygens (including phenoxy) is 2. The van der Waals surface area contributed by atoms with E-state index < -0.39 is 18.9 Å². The highest BCUT2D eigenvalue weighted by Gasteiger charge is 2.19. The van der Waals surface area contributed by atoms with Gasteiger partial charge in [-0.15, -0.1) is 0 Å². The van der Waals surface area contributed by atoms with Crippen LogP contribution in [-0.2, 0) is 4.74 Å². The lowest BCUT2D eigenvalue weighted by Gasteiger charge is -2.26. The van der Waals surface area contributed by atoms with Crippen LogP contribution in [0, 0.1) is 5.92 Å². The van der Waals surface area contributed by atoms with Gasteiger partial charge in [0.2, 0.25) is 0 Å². The highest BCUT2D eigenvalue weighted by Crippen LogP contribution is 2.29. The van der Waals surface area contributed by atoms with Crippen LogP contribution in [0.15, 0.2) is 114 Å². The van der Waals surface area contributed by atoms with E-state index in [0.717, 1.165) is 37.3 Å². The molecular weight excluding hydrogens is 583 g/mol. The van der Waals surface area contributed by atoms with Gasteiger partial charge >= 0.3 is 5.97 Å². The summed E-state index contributed by atoms with van der Waals surface area (Å²) in [5.41, 5.74) is 2.93. The van der Waals surface area contributed by atoms with Crippen LogP contribution in [0.1, 0.15) is 61.9 Å². The van der Waals surface area contributed by atoms with Crippen molar-refractivity contribution in [3.8, 4) is 5.75 Å². The van der Waals surface area contributed by atoms with Gasteiger partial charge in [-0.2, -0.15) is 0 Å². The smallest absolute Gasteiger partial charge is 0.335 e. The van der Waals surface area contributed by atoms with Crippen molar-refractivity contribution in [2.75, 3.05) is 33.5 Å². The molecule has 0 aromatic heterocycles. The number of hydrogen-bond donors (Lipinski definition) is 3. The normalized spacial score (nSPS) is 17.2. The molecule has 7 nitrogen and oxygen atoms in total. The van der Waals surface area contributed by atoms with Gasteiger partial charge in [-0.3, -0.25) is 4.90 Å². The molecule has 0 amide bonds. The number of aliphatic hydroxyl groups is 1. The fourth-order valence-electron chi connectivity index (χ4n) is 5.44. The second-order valence-corrected chi connectivity index (χ2v) is 11.4. The number of methoxy groups -OCH3 is 1. The van der Waals surface area contributed by atoms with Gasteiger partial charge in [-0.1, -0.05) is 74.5 Å². The number of carboxylic acid groups (broad SMARTS) is 1. The molecule has 3 N–H and O–H groups in total. The number of aromatic carboxylic acids is 1. The van der Waals surface area contributed by atoms with Crippen LogP contribution in [0.3, 0.4) is 0 Å². The molecule has 4 atom stereocenters. The molecule has 1 aliphatic carbocycles. The van der Waals surface area contributed by atoms with Crippen LogP contribution in [0.4, 0.5) is 4.39 Å². The topological polar surface area (TPSA) is 91.3 Å². The fraction of sp³-hybridized carbons (Fsp3) is 0.395. The zero-order valence-electron chi connectivity index (χ0n) is 27.4. The van der Waals surface area contributed by atoms with Crippen molar-refractivity contribution in [1.29, 1.82) is 0 Å². The molecule has 0 radical (unpaired) electrons. The van der Waals surface area contributed by atoms with Gasteiger partial charge in [0.15, 0.2) is 0 Å². The first-order chi connectivity index (χ1) is 22.2. The van der Waals surface area contributed by atoms with Crippen LogP contribution >= 0.6 is 0 Å². The lowest BCUT2D eigenvalue weighted by atomic mass is 9.94. The minimum Gasteiger partial charge on any atom is -0.496 e. The van der Waals surface area contributed by atoms with E-state index in [1.807, 2.05) is 43.4 Å². The zero-order valence-corrected chi connectivity index (χ0v) is 27.4. The summed E-state index contributed by atoms with van der Waals surface area (Å²) in [7, 11) is 1.65. The monoisotopic (exact) mass is 632 g/mol. The Bertz CT molecular complexity index is 1380. The number of benzene rings is 2. The molecule has 8 heteroatoms. The molecule has 2 aromatic rings. The van der Waals surface area contributed by atoms with Gasteiger partial charge in [-0.25, -0.2) is 9.18 Å². The Morgan fingerprint density at radius 1 is 1.09 bits per heavy atom. The molecule has 0 saturated heterocycles. The number of nitrogens with zero attached hydrogens (tertiary/aromatic N) is 1. The predicted octanol–water partition coefficient (Wildman–Crippen LogP) is 7.41. The fourth-order valence-corrected chi connectivity index (χ4v) is 5.44. The number of nitrogens with one attached hydrogen (secondary N) is 1. The van der Waals surface area contributed by atoms with Crippen molar-refractivity contribution in [1.82, 2.24) is 10.2 Å². The van der Waals surface area contributed by atoms with Gasteiger partial charge in [-0.05, 0) is 92.8 Å². The van der Waals surface area contributed by atoms with E-state index in [9.17, 15) is 14.3 Å². The molecule has 46 heavy (non-hydrogen) atoms. The predicted molar refractivity (Wildman–Crippen MR) is 182 cm³/mol. The number of aliphatic hydroxyl groups excluding tert-OH is 1. The number of unbranched alkanes of at least 4 members (excludes halogenated alkanes) is 1. The quantitative estimate of drug-likeness (QED) is 0.0844. The minimum absolute atomic E-state index is 0.0249. The van der Waals surface area contributed by atoms with Gasteiger partial charge < -0.3 is 25.0 Å². The summed E-state index contributed by atoms with van der Waals surface area (Å²) in [6, 6.07) is 16.9. The van der Waals surface area contributed by atoms with E-state index in [4.69, 9.17) is 14.6 Å². The third kappa shape index (κ3) is 11.7. The Balaban J connectivity index is 1.50. The maximum atomic E-state index is 13.4. The van der Waals surface area contributed by atoms with Crippen LogP contribution in [0.2, 0.25) is 0 Å². The summed E-state index contributed by atoms with van der Waals surface area (Å²) in [6.45, 7) is 7.77. The Morgan fingerprint density at radius 2 is 1.85 bits per heavy atom. The van der Waals surface area contributed by atoms with E-state index in [2.05, 4.69) is 54.4 Å². The molecule has 2 aromatic carbocycles. The summed E-state index contributed by atoms with van der Waals surface area (Å²) in [5.74, 6) is 0.444. The van der Waals surface area contributed by atoms with Gasteiger partial charge in [0.05, 0.1) is 19.3 Å². The molecule has 0 fully saturated rings. The lowest BCUT2D eigenvalue weighted by molar-refractivity contribution is 0.0696. The molecule has 0 aliphatic heterocycles. The summed E-state index contributed by atoms with van der Waals surface area (Å²) in [4.78, 5) is 13.5. The SMILES string of the molecule is CCN(CCCCOc1cccc(C(=O)O)c1)C(C)/C=C\C(=C/CF)NC(O)CC(C)C1=C(OC)C=CC(c2ccccc2)C=C1. The molecule has 3 rings (SSSR count). The minimum atomic E-state index is -0.976. The third-order valence-corrected chi connectivity index (χ3v) is 8.09. The molecule has 0 heterocycles. The number of rotatable bonds is 19. The van der Waals surface area contributed by atoms with Crippen molar-refractivity contribution in [3.63, 3.8) is 0 Å². The standard InChI is InChI=1S/C38H49FN2O5/c1-5-41(24-9-10-25-46-34-15-11-14-32(27-34)38(43)44)29(3)16-19-33(22-23-39)40-37(42)26-28(2)35-20-17-31(18-21-36(35)45-4)30-12-7-6-8-13-30/h6-8,11-22,27-29,31,37,40,42H,5,9-10,23-26H2,1-4H3,(H,43,44)/b19-16-,33-22+. The van der Waals surface area contributed by atoms with Gasteiger partial charge in [0, 0.05) is 17.7 Å². The Hall–Kier alpha value is -4.14. The van der Waals surface area contributed by atoms with Crippen molar-refractivity contribution in [2.24, 2.45) is 5.92 Å². The highest BCUT2D eigenvalue weighted by atomic mass is 19.1. The van der Waals surface area contributed by atoms with Crippen molar-refractivity contribution in [2.45, 2.75) is 58.2 Å². The third-order valence-electron chi connectivity index (χ3n) is 8.09. The number of hydrogen-bond acceptors (Lipinski definition) is 6. The van der Waals surface area contributed by atoms with Crippen LogP contribution in [0.5, 0.6) is 5.75 Å². The second-order valence-electron chi connectivity index (χ2n) is 11.4. The zero-order chi connectivity index (χ0) is 33.3. The molecule has 1 aliphatic rings. The number of allylic oxidation sites excluding steroid dienone is 7. The number of carbonyl (C=O) groups is 1. The van der Waals surface area contributed by atoms with Crippen LogP contribution < -0.4 is 10.1 Å². The van der Waals surface area contributed by atoms with E-state index >= 15 is 0 Å². The van der Waals surface area contributed by atoms with Crippen molar-refractivity contribution < 1.29 is 28.9 Å². The molecule has 248 valence electrons.